The van der Waals surface area contributed by atoms with Crippen LogP contribution in [0, 0.1) is 12.8 Å². The number of nitrogens with zero attached hydrogens (tertiary/aromatic N) is 1. The van der Waals surface area contributed by atoms with Crippen molar-refractivity contribution >= 4 is 27.8 Å². The number of aliphatic carboxylic acids is 1. The lowest BCUT2D eigenvalue weighted by Gasteiger charge is -2.37. The van der Waals surface area contributed by atoms with E-state index in [1.165, 1.54) is 4.90 Å². The Labute approximate surface area is 133 Å². The average molecular weight is 354 g/mol. The first kappa shape index (κ1) is 16.0. The Morgan fingerprint density at radius 3 is 2.71 bits per heavy atom. The van der Waals surface area contributed by atoms with Crippen LogP contribution in [0.3, 0.4) is 0 Å². The van der Waals surface area contributed by atoms with Gasteiger partial charge in [-0.05, 0) is 59.3 Å². The topological polar surface area (TPSA) is 57.6 Å². The molecule has 2 atom stereocenters. The third kappa shape index (κ3) is 3.46. The molecule has 0 bridgehead atoms. The molecule has 114 valence electrons. The summed E-state index contributed by atoms with van der Waals surface area (Å²) in [6, 6.07) is 4.78. The number of halogens is 1. The van der Waals surface area contributed by atoms with Crippen LogP contribution < -0.4 is 0 Å². The van der Waals surface area contributed by atoms with Crippen molar-refractivity contribution in [3.8, 4) is 0 Å². The number of rotatable bonds is 3. The molecule has 1 heterocycles. The highest BCUT2D eigenvalue weighted by molar-refractivity contribution is 9.10. The van der Waals surface area contributed by atoms with Gasteiger partial charge in [0.2, 0.25) is 0 Å². The zero-order valence-corrected chi connectivity index (χ0v) is 13.9. The molecule has 5 heteroatoms. The number of hydrogen-bond donors (Lipinski definition) is 1. The molecule has 1 fully saturated rings. The number of hydrogen-bond acceptors (Lipinski definition) is 2. The molecule has 2 rings (SSSR count). The van der Waals surface area contributed by atoms with Gasteiger partial charge in [-0.3, -0.25) is 4.79 Å². The van der Waals surface area contributed by atoms with Crippen molar-refractivity contribution in [1.82, 2.24) is 4.90 Å². The zero-order chi connectivity index (χ0) is 15.6. The summed E-state index contributed by atoms with van der Waals surface area (Å²) >= 11 is 3.40. The molecular weight excluding hydrogens is 334 g/mol. The van der Waals surface area contributed by atoms with Gasteiger partial charge in [-0.15, -0.1) is 0 Å². The first-order valence-electron chi connectivity index (χ1n) is 7.24. The minimum atomic E-state index is -0.912. The van der Waals surface area contributed by atoms with Crippen LogP contribution in [0.4, 0.5) is 0 Å². The summed E-state index contributed by atoms with van der Waals surface area (Å²) in [5.74, 6) is -0.731. The Hall–Kier alpha value is -1.36. The van der Waals surface area contributed by atoms with Crippen molar-refractivity contribution in [2.75, 3.05) is 6.54 Å². The van der Waals surface area contributed by atoms with E-state index in [1.54, 1.807) is 6.07 Å². The maximum Gasteiger partial charge on any atom is 0.326 e. The van der Waals surface area contributed by atoms with Gasteiger partial charge in [0, 0.05) is 11.0 Å². The third-order valence-electron chi connectivity index (χ3n) is 4.19. The molecule has 1 aromatic carbocycles. The number of likely N-dealkylation sites (tertiary alicyclic amines) is 1. The molecule has 2 unspecified atom stereocenters. The second kappa shape index (κ2) is 6.60. The fraction of sp³-hybridized carbons (Fsp3) is 0.500. The van der Waals surface area contributed by atoms with Crippen LogP contribution in [-0.2, 0) is 4.79 Å². The van der Waals surface area contributed by atoms with E-state index in [4.69, 9.17) is 0 Å². The van der Waals surface area contributed by atoms with Gasteiger partial charge >= 0.3 is 5.97 Å². The van der Waals surface area contributed by atoms with E-state index >= 15 is 0 Å². The van der Waals surface area contributed by atoms with E-state index in [2.05, 4.69) is 22.9 Å². The summed E-state index contributed by atoms with van der Waals surface area (Å²) in [5.41, 5.74) is 1.58. The van der Waals surface area contributed by atoms with Gasteiger partial charge < -0.3 is 10.0 Å². The Morgan fingerprint density at radius 2 is 2.14 bits per heavy atom. The first-order chi connectivity index (χ1) is 9.93. The Kier molecular flexibility index (Phi) is 5.04. The van der Waals surface area contributed by atoms with Crippen LogP contribution in [-0.4, -0.2) is 34.5 Å². The molecule has 1 saturated heterocycles. The van der Waals surface area contributed by atoms with Crippen molar-refractivity contribution in [2.24, 2.45) is 5.92 Å². The predicted octanol–water partition coefficient (Wildman–Crippen LogP) is 3.47. The minimum Gasteiger partial charge on any atom is -0.480 e. The van der Waals surface area contributed by atoms with Gasteiger partial charge in [-0.25, -0.2) is 4.79 Å². The second-order valence-corrected chi connectivity index (χ2v) is 6.49. The standard InChI is InChI=1S/C16H20BrNO3/c1-3-11-6-7-18(14(9-11)16(20)21)15(19)12-5-4-10(2)8-13(12)17/h4-5,8,11,14H,3,6-7,9H2,1-2H3,(H,20,21). The van der Waals surface area contributed by atoms with Gasteiger partial charge in [0.25, 0.3) is 5.91 Å². The largest absolute Gasteiger partial charge is 0.480 e. The summed E-state index contributed by atoms with van der Waals surface area (Å²) in [5, 5.41) is 9.43. The molecule has 4 nitrogen and oxygen atoms in total. The van der Waals surface area contributed by atoms with Gasteiger partial charge in [0.05, 0.1) is 5.56 Å². The van der Waals surface area contributed by atoms with Crippen LogP contribution in [0.25, 0.3) is 0 Å². The molecule has 0 aromatic heterocycles. The van der Waals surface area contributed by atoms with Gasteiger partial charge in [0.1, 0.15) is 6.04 Å². The number of carbonyl (C=O) groups is 2. The molecule has 1 amide bonds. The van der Waals surface area contributed by atoms with Gasteiger partial charge in [-0.2, -0.15) is 0 Å². The highest BCUT2D eigenvalue weighted by Crippen LogP contribution is 2.28. The molecule has 1 aromatic rings. The maximum absolute atomic E-state index is 12.7. The Bertz CT molecular complexity index is 558. The van der Waals surface area contributed by atoms with Crippen LogP contribution in [0.2, 0.25) is 0 Å². The highest BCUT2D eigenvalue weighted by Gasteiger charge is 2.36. The monoisotopic (exact) mass is 353 g/mol. The lowest BCUT2D eigenvalue weighted by atomic mass is 9.88. The molecular formula is C16H20BrNO3. The molecule has 1 N–H and O–H groups in total. The average Bonchev–Trinajstić information content (AvgIpc) is 2.46. The number of carboxylic acids is 1. The molecule has 1 aliphatic heterocycles. The summed E-state index contributed by atoms with van der Waals surface area (Å²) in [6.07, 6.45) is 2.37. The van der Waals surface area contributed by atoms with E-state index in [-0.39, 0.29) is 5.91 Å². The van der Waals surface area contributed by atoms with E-state index in [0.29, 0.717) is 28.9 Å². The smallest absolute Gasteiger partial charge is 0.326 e. The second-order valence-electron chi connectivity index (χ2n) is 5.63. The van der Waals surface area contributed by atoms with Crippen molar-refractivity contribution in [3.63, 3.8) is 0 Å². The van der Waals surface area contributed by atoms with Crippen molar-refractivity contribution < 1.29 is 14.7 Å². The predicted molar refractivity (Wildman–Crippen MR) is 84.4 cm³/mol. The van der Waals surface area contributed by atoms with E-state index in [1.807, 2.05) is 19.1 Å². The van der Waals surface area contributed by atoms with Gasteiger partial charge in [0.15, 0.2) is 0 Å². The fourth-order valence-corrected chi connectivity index (χ4v) is 3.50. The van der Waals surface area contributed by atoms with Crippen molar-refractivity contribution in [2.45, 2.75) is 39.2 Å². The van der Waals surface area contributed by atoms with E-state index < -0.39 is 12.0 Å². The molecule has 21 heavy (non-hydrogen) atoms. The summed E-state index contributed by atoms with van der Waals surface area (Å²) in [4.78, 5) is 25.7. The van der Waals surface area contributed by atoms with Crippen molar-refractivity contribution in [1.29, 1.82) is 0 Å². The van der Waals surface area contributed by atoms with Crippen LogP contribution in [0.15, 0.2) is 22.7 Å². The van der Waals surface area contributed by atoms with Gasteiger partial charge in [-0.1, -0.05) is 19.4 Å². The molecule has 0 radical (unpaired) electrons. The Balaban J connectivity index is 2.26. The third-order valence-corrected chi connectivity index (χ3v) is 4.85. The summed E-state index contributed by atoms with van der Waals surface area (Å²) in [6.45, 7) is 4.53. The number of carbonyl (C=O) groups excluding carboxylic acids is 1. The molecule has 0 aliphatic carbocycles. The first-order valence-corrected chi connectivity index (χ1v) is 8.03. The fourth-order valence-electron chi connectivity index (χ4n) is 2.83. The number of carboxylic acid groups (broad SMARTS) is 1. The lowest BCUT2D eigenvalue weighted by Crippen LogP contribution is -2.50. The number of amides is 1. The zero-order valence-electron chi connectivity index (χ0n) is 12.3. The lowest BCUT2D eigenvalue weighted by molar-refractivity contribution is -0.144. The Morgan fingerprint density at radius 1 is 1.43 bits per heavy atom. The van der Waals surface area contributed by atoms with E-state index in [0.717, 1.165) is 18.4 Å². The molecule has 0 spiro atoms. The number of piperidine rings is 1. The summed E-state index contributed by atoms with van der Waals surface area (Å²) < 4.78 is 0.717. The van der Waals surface area contributed by atoms with E-state index in [9.17, 15) is 14.7 Å². The van der Waals surface area contributed by atoms with Crippen molar-refractivity contribution in [3.05, 3.63) is 33.8 Å². The number of aryl methyl sites for hydroxylation is 1. The SMILES string of the molecule is CCC1CCN(C(=O)c2ccc(C)cc2Br)C(C(=O)O)C1. The molecule has 1 aliphatic rings. The van der Waals surface area contributed by atoms with Crippen LogP contribution >= 0.6 is 15.9 Å². The normalized spacial score (nSPS) is 22.1. The molecule has 0 saturated carbocycles. The minimum absolute atomic E-state index is 0.205. The quantitative estimate of drug-likeness (QED) is 0.904. The summed E-state index contributed by atoms with van der Waals surface area (Å²) in [7, 11) is 0. The number of benzene rings is 1. The maximum atomic E-state index is 12.7. The van der Waals surface area contributed by atoms with Crippen LogP contribution in [0.1, 0.15) is 42.1 Å². The highest BCUT2D eigenvalue weighted by atomic mass is 79.9. The van der Waals surface area contributed by atoms with Crippen LogP contribution in [0.5, 0.6) is 0 Å².